The Kier molecular flexibility index (Phi) is 7.91. The zero-order valence-corrected chi connectivity index (χ0v) is 22.1. The van der Waals surface area contributed by atoms with Crippen LogP contribution in [0.3, 0.4) is 0 Å². The Morgan fingerprint density at radius 3 is 2.69 bits per heavy atom. The van der Waals surface area contributed by atoms with Gasteiger partial charge in [-0.1, -0.05) is 45.0 Å². The van der Waals surface area contributed by atoms with E-state index in [1.54, 1.807) is 7.11 Å². The Bertz CT molecular complexity index is 1170. The lowest BCUT2D eigenvalue weighted by Crippen LogP contribution is -2.44. The number of piperidine rings is 1. The first-order valence-corrected chi connectivity index (χ1v) is 12.7. The highest BCUT2D eigenvalue weighted by Gasteiger charge is 2.27. The molecule has 1 N–H and O–H groups in total. The van der Waals surface area contributed by atoms with E-state index in [-0.39, 0.29) is 11.3 Å². The number of para-hydroxylation sites is 1. The molecule has 2 aromatic heterocycles. The second kappa shape index (κ2) is 11.1. The molecular weight excluding hydrogens is 452 g/mol. The zero-order chi connectivity index (χ0) is 25.7. The van der Waals surface area contributed by atoms with Gasteiger partial charge in [0.2, 0.25) is 11.9 Å². The maximum Gasteiger partial charge on any atom is 0.227 e. The zero-order valence-electron chi connectivity index (χ0n) is 22.1. The van der Waals surface area contributed by atoms with Crippen LogP contribution in [-0.4, -0.2) is 52.4 Å². The Morgan fingerprint density at radius 1 is 1.17 bits per heavy atom. The summed E-state index contributed by atoms with van der Waals surface area (Å²) in [5, 5.41) is 12.4. The third-order valence-electron chi connectivity index (χ3n) is 6.70. The van der Waals surface area contributed by atoms with Gasteiger partial charge in [0.05, 0.1) is 13.7 Å². The molecule has 8 heteroatoms. The number of aryl methyl sites for hydroxylation is 1. The molecule has 192 valence electrons. The summed E-state index contributed by atoms with van der Waals surface area (Å²) in [7, 11) is 1.69. The molecule has 1 fully saturated rings. The number of nitrogens with zero attached hydrogens (tertiary/aromatic N) is 5. The second-order valence-corrected chi connectivity index (χ2v) is 10.7. The van der Waals surface area contributed by atoms with E-state index < -0.39 is 0 Å². The van der Waals surface area contributed by atoms with Gasteiger partial charge in [0.15, 0.2) is 0 Å². The number of hydrogen-bond acceptors (Lipinski definition) is 6. The van der Waals surface area contributed by atoms with Crippen molar-refractivity contribution in [3.63, 3.8) is 0 Å². The lowest BCUT2D eigenvalue weighted by molar-refractivity contribution is -0.128. The van der Waals surface area contributed by atoms with Gasteiger partial charge in [-0.05, 0) is 43.4 Å². The lowest BCUT2D eigenvalue weighted by atomic mass is 9.94. The number of amides is 1. The van der Waals surface area contributed by atoms with Crippen LogP contribution in [0.2, 0.25) is 0 Å². The van der Waals surface area contributed by atoms with E-state index in [0.717, 1.165) is 60.3 Å². The summed E-state index contributed by atoms with van der Waals surface area (Å²) in [5.41, 5.74) is 2.79. The van der Waals surface area contributed by atoms with Crippen molar-refractivity contribution in [3.05, 3.63) is 65.2 Å². The lowest BCUT2D eigenvalue weighted by Gasteiger charge is -2.34. The third kappa shape index (κ3) is 6.22. The number of rotatable bonds is 8. The summed E-state index contributed by atoms with van der Waals surface area (Å²) in [6, 6.07) is 12.2. The fourth-order valence-electron chi connectivity index (χ4n) is 4.56. The molecule has 1 aromatic carbocycles. The minimum Gasteiger partial charge on any atom is -0.496 e. The van der Waals surface area contributed by atoms with Gasteiger partial charge in [-0.3, -0.25) is 14.3 Å². The van der Waals surface area contributed by atoms with Gasteiger partial charge in [0, 0.05) is 48.9 Å². The molecule has 1 unspecified atom stereocenters. The van der Waals surface area contributed by atoms with E-state index in [1.807, 2.05) is 58.2 Å². The van der Waals surface area contributed by atoms with Crippen LogP contribution in [0.25, 0.3) is 0 Å². The highest BCUT2D eigenvalue weighted by atomic mass is 16.5. The van der Waals surface area contributed by atoms with Crippen LogP contribution in [0.15, 0.2) is 42.6 Å². The number of pyridine rings is 1. The molecule has 0 spiro atoms. The molecule has 0 radical (unpaired) electrons. The largest absolute Gasteiger partial charge is 0.496 e. The highest BCUT2D eigenvalue weighted by Crippen LogP contribution is 2.26. The molecule has 0 saturated carbocycles. The van der Waals surface area contributed by atoms with Gasteiger partial charge < -0.3 is 15.0 Å². The van der Waals surface area contributed by atoms with Crippen LogP contribution in [0.4, 0.5) is 5.95 Å². The average molecular weight is 491 g/mol. The number of carbonyl (C=O) groups excluding carboxylic acids is 1. The molecule has 1 aliphatic rings. The number of anilines is 1. The van der Waals surface area contributed by atoms with Gasteiger partial charge in [0.1, 0.15) is 11.6 Å². The molecule has 1 aliphatic heterocycles. The molecule has 4 rings (SSSR count). The number of carbonyl (C=O) groups is 1. The molecule has 1 saturated heterocycles. The average Bonchev–Trinajstić information content (AvgIpc) is 3.25. The van der Waals surface area contributed by atoms with Crippen molar-refractivity contribution in [3.8, 4) is 5.75 Å². The highest BCUT2D eigenvalue weighted by molar-refractivity contribution is 5.81. The maximum atomic E-state index is 12.4. The molecule has 3 heterocycles. The van der Waals surface area contributed by atoms with Gasteiger partial charge in [-0.2, -0.15) is 0 Å². The topological polar surface area (TPSA) is 85.2 Å². The van der Waals surface area contributed by atoms with E-state index in [4.69, 9.17) is 4.74 Å². The van der Waals surface area contributed by atoms with E-state index in [9.17, 15) is 4.79 Å². The second-order valence-electron chi connectivity index (χ2n) is 10.7. The first-order valence-electron chi connectivity index (χ1n) is 12.7. The standard InChI is InChI=1S/C28H38N6O2/c1-20-12-13-22(16-29-20)19-34-25(15-23-10-6-7-11-24(23)36-5)31-32-27(34)33-14-8-9-21(18-33)17-30-26(35)28(2,3)4/h6-7,10-13,16,21H,8-9,14-15,17-19H2,1-5H3,(H,30,35). The fourth-order valence-corrected chi connectivity index (χ4v) is 4.56. The summed E-state index contributed by atoms with van der Waals surface area (Å²) in [5.74, 6) is 3.06. The van der Waals surface area contributed by atoms with E-state index in [1.165, 1.54) is 0 Å². The van der Waals surface area contributed by atoms with Gasteiger partial charge >= 0.3 is 0 Å². The summed E-state index contributed by atoms with van der Waals surface area (Å²) in [4.78, 5) is 19.2. The molecule has 0 aliphatic carbocycles. The minimum atomic E-state index is -0.385. The fraction of sp³-hybridized carbons (Fsp3) is 0.500. The van der Waals surface area contributed by atoms with Crippen molar-refractivity contribution in [2.24, 2.45) is 11.3 Å². The molecule has 8 nitrogen and oxygen atoms in total. The van der Waals surface area contributed by atoms with Crippen molar-refractivity contribution in [2.75, 3.05) is 31.6 Å². The van der Waals surface area contributed by atoms with Crippen molar-refractivity contribution >= 4 is 11.9 Å². The number of hydrogen-bond donors (Lipinski definition) is 1. The first-order chi connectivity index (χ1) is 17.2. The number of ether oxygens (including phenoxy) is 1. The van der Waals surface area contributed by atoms with Crippen molar-refractivity contribution < 1.29 is 9.53 Å². The van der Waals surface area contributed by atoms with Crippen LogP contribution >= 0.6 is 0 Å². The molecule has 0 bridgehead atoms. The van der Waals surface area contributed by atoms with Gasteiger partial charge in [0.25, 0.3) is 0 Å². The monoisotopic (exact) mass is 490 g/mol. The van der Waals surface area contributed by atoms with Crippen LogP contribution in [0, 0.1) is 18.3 Å². The van der Waals surface area contributed by atoms with Gasteiger partial charge in [-0.15, -0.1) is 10.2 Å². The normalized spacial score (nSPS) is 16.1. The van der Waals surface area contributed by atoms with Crippen molar-refractivity contribution in [2.45, 2.75) is 53.5 Å². The van der Waals surface area contributed by atoms with Crippen molar-refractivity contribution in [1.82, 2.24) is 25.1 Å². The molecule has 36 heavy (non-hydrogen) atoms. The summed E-state index contributed by atoms with van der Waals surface area (Å²) in [6.45, 7) is 10.9. The Morgan fingerprint density at radius 2 is 1.97 bits per heavy atom. The van der Waals surface area contributed by atoms with Crippen LogP contribution in [0.5, 0.6) is 5.75 Å². The number of methoxy groups -OCH3 is 1. The smallest absolute Gasteiger partial charge is 0.227 e. The van der Waals surface area contributed by atoms with E-state index in [0.29, 0.717) is 25.4 Å². The van der Waals surface area contributed by atoms with Crippen LogP contribution < -0.4 is 15.0 Å². The Balaban J connectivity index is 1.58. The summed E-state index contributed by atoms with van der Waals surface area (Å²) >= 11 is 0. The molecule has 1 amide bonds. The minimum absolute atomic E-state index is 0.0914. The predicted octanol–water partition coefficient (Wildman–Crippen LogP) is 4.01. The van der Waals surface area contributed by atoms with Crippen molar-refractivity contribution in [1.29, 1.82) is 0 Å². The number of aromatic nitrogens is 4. The quantitative estimate of drug-likeness (QED) is 0.514. The molecule has 1 atom stereocenters. The first kappa shape index (κ1) is 25.7. The maximum absolute atomic E-state index is 12.4. The molecule has 3 aromatic rings. The predicted molar refractivity (Wildman–Crippen MR) is 141 cm³/mol. The Labute approximate surface area is 214 Å². The number of benzene rings is 1. The van der Waals surface area contributed by atoms with E-state index >= 15 is 0 Å². The summed E-state index contributed by atoms with van der Waals surface area (Å²) < 4.78 is 7.79. The number of nitrogens with one attached hydrogen (secondary N) is 1. The van der Waals surface area contributed by atoms with Crippen LogP contribution in [-0.2, 0) is 17.8 Å². The third-order valence-corrected chi connectivity index (χ3v) is 6.70. The van der Waals surface area contributed by atoms with E-state index in [2.05, 4.69) is 42.1 Å². The Hall–Kier alpha value is -3.42. The SMILES string of the molecule is COc1ccccc1Cc1nnc(N2CCCC(CNC(=O)C(C)(C)C)C2)n1Cc1ccc(C)nc1. The van der Waals surface area contributed by atoms with Crippen LogP contribution in [0.1, 0.15) is 56.3 Å². The summed E-state index contributed by atoms with van der Waals surface area (Å²) in [6.07, 6.45) is 4.68. The molecular formula is C28H38N6O2. The van der Waals surface area contributed by atoms with Gasteiger partial charge in [-0.25, -0.2) is 0 Å².